The molecule has 1 aliphatic rings. The first-order valence-electron chi connectivity index (χ1n) is 8.85. The number of fused-ring (bicyclic) bond motifs is 1. The Bertz CT molecular complexity index is 1380. The molecule has 10 N–H and O–H groups in total. The van der Waals surface area contributed by atoms with Crippen molar-refractivity contribution in [3.05, 3.63) is 16.7 Å². The molecule has 1 fully saturated rings. The van der Waals surface area contributed by atoms with E-state index in [9.17, 15) is 37.9 Å². The van der Waals surface area contributed by atoms with Crippen LogP contribution in [0.5, 0.6) is 0 Å². The van der Waals surface area contributed by atoms with E-state index in [1.807, 2.05) is 0 Å². The number of nitrogens with two attached hydrogens (primary N) is 1. The van der Waals surface area contributed by atoms with Crippen LogP contribution in [0.2, 0.25) is 0 Å². The average Bonchev–Trinajstić information content (AvgIpc) is 3.18. The molecule has 3 heterocycles. The lowest BCUT2D eigenvalue weighted by Crippen LogP contribution is -2.36. The zero-order valence-corrected chi connectivity index (χ0v) is 20.6. The van der Waals surface area contributed by atoms with E-state index in [4.69, 9.17) is 30.0 Å². The van der Waals surface area contributed by atoms with Crippen molar-refractivity contribution in [3.8, 4) is 0 Å². The summed E-state index contributed by atoms with van der Waals surface area (Å²) in [6.45, 7) is -1.23. The summed E-state index contributed by atoms with van der Waals surface area (Å²) in [4.78, 5) is 75.7. The number of H-pyrrole nitrogens is 1. The van der Waals surface area contributed by atoms with Gasteiger partial charge in [-0.3, -0.25) is 23.4 Å². The number of imidazole rings is 1. The predicted octanol–water partition coefficient (Wildman–Crippen LogP) is -2.22. The molecule has 0 spiro atoms. The van der Waals surface area contributed by atoms with Crippen LogP contribution in [-0.4, -0.2) is 78.9 Å². The number of aliphatic hydroxyl groups excluding tert-OH is 1. The average molecular weight is 603 g/mol. The van der Waals surface area contributed by atoms with Gasteiger partial charge in [0, 0.05) is 0 Å². The number of aromatic nitrogens is 4. The van der Waals surface area contributed by atoms with E-state index in [1.165, 1.54) is 0 Å². The number of nitrogen functional groups attached to an aromatic ring is 1. The molecular weight excluding hydrogens is 586 g/mol. The van der Waals surface area contributed by atoms with Gasteiger partial charge in [-0.05, 0) is 0 Å². The van der Waals surface area contributed by atoms with E-state index >= 15 is 0 Å². The Labute approximate surface area is 197 Å². The maximum absolute atomic E-state index is 12.0. The summed E-state index contributed by atoms with van der Waals surface area (Å²) in [6.07, 6.45) is -6.91. The minimum absolute atomic E-state index is 0.281. The van der Waals surface area contributed by atoms with Crippen LogP contribution in [0.15, 0.2) is 11.1 Å². The van der Waals surface area contributed by atoms with E-state index in [-0.39, 0.29) is 17.1 Å². The maximum Gasteiger partial charge on any atom is 0.481 e. The van der Waals surface area contributed by atoms with Gasteiger partial charge in [-0.2, -0.15) is 13.6 Å². The highest BCUT2D eigenvalue weighted by atomic mass is 31.3. The monoisotopic (exact) mass is 603 g/mol. The summed E-state index contributed by atoms with van der Waals surface area (Å²) in [7, 11) is -22.3. The van der Waals surface area contributed by atoms with Crippen molar-refractivity contribution in [3.63, 3.8) is 0 Å². The summed E-state index contributed by atoms with van der Waals surface area (Å²) in [5.74, 6) is -0.389. The number of aliphatic hydroxyl groups is 1. The second-order valence-electron chi connectivity index (χ2n) is 6.78. The molecule has 3 rings (SSSR count). The molecule has 0 aliphatic carbocycles. The molecule has 36 heavy (non-hydrogen) atoms. The summed E-state index contributed by atoms with van der Waals surface area (Å²) in [5.41, 5.74) is 4.09. The van der Waals surface area contributed by atoms with Crippen molar-refractivity contribution in [2.24, 2.45) is 0 Å². The number of phosphoric acid groups is 4. The molecule has 2 unspecified atom stereocenters. The molecule has 22 nitrogen and oxygen atoms in total. The summed E-state index contributed by atoms with van der Waals surface area (Å²) < 4.78 is 68.0. The Morgan fingerprint density at radius 1 is 1.06 bits per heavy atom. The number of ether oxygens (including phenoxy) is 1. The van der Waals surface area contributed by atoms with Gasteiger partial charge in [0.2, 0.25) is 5.95 Å². The van der Waals surface area contributed by atoms with Crippen molar-refractivity contribution < 1.29 is 75.1 Å². The molecule has 1 aliphatic heterocycles. The van der Waals surface area contributed by atoms with Crippen LogP contribution in [0.3, 0.4) is 0 Å². The number of hydrogen-bond donors (Lipinski definition) is 9. The fourth-order valence-electron chi connectivity index (χ4n) is 2.98. The van der Waals surface area contributed by atoms with Gasteiger partial charge in [0.1, 0.15) is 18.3 Å². The fourth-order valence-corrected chi connectivity index (χ4v) is 6.37. The molecule has 6 atom stereocenters. The van der Waals surface area contributed by atoms with Crippen LogP contribution in [0.25, 0.3) is 11.2 Å². The third-order valence-corrected chi connectivity index (χ3v) is 8.45. The maximum atomic E-state index is 12.0. The van der Waals surface area contributed by atoms with Crippen molar-refractivity contribution in [1.29, 1.82) is 0 Å². The van der Waals surface area contributed by atoms with E-state index in [1.54, 1.807) is 0 Å². The number of phosphoric ester groups is 2. The van der Waals surface area contributed by atoms with Crippen LogP contribution in [0.4, 0.5) is 5.95 Å². The molecule has 26 heteroatoms. The van der Waals surface area contributed by atoms with Crippen LogP contribution in [-0.2, 0) is 40.7 Å². The number of rotatable bonds is 10. The molecule has 2 aromatic rings. The molecule has 0 radical (unpaired) electrons. The number of hydrogen-bond acceptors (Lipinski definition) is 14. The Morgan fingerprint density at radius 2 is 1.64 bits per heavy atom. The number of aromatic amines is 1. The van der Waals surface area contributed by atoms with Crippen molar-refractivity contribution in [2.45, 2.75) is 24.5 Å². The van der Waals surface area contributed by atoms with Gasteiger partial charge in [0.25, 0.3) is 5.56 Å². The molecule has 0 saturated carbocycles. The van der Waals surface area contributed by atoms with Gasteiger partial charge < -0.3 is 44.9 Å². The molecule has 204 valence electrons. The lowest BCUT2D eigenvalue weighted by Gasteiger charge is -2.23. The van der Waals surface area contributed by atoms with Gasteiger partial charge in [-0.25, -0.2) is 23.2 Å². The number of nitrogens with one attached hydrogen (secondary N) is 1. The first kappa shape index (κ1) is 29.2. The standard InChI is InChI=1S/C10H17N5O17P4/c11-10-13-7-4(8(17)14-10)12-2-15(7)9-5(16)6(30-36(26,27)32-34(21,22)23)3(29-9)1-28-35(24,25)31-33(18,19)20/h2-3,5-6,9,16H,1H2,(H,24,25)(H,26,27)(H2,18,19,20)(H2,21,22,23)(H3,11,13,14,17)/t3-,5+,6+,9-/m0/s1. The van der Waals surface area contributed by atoms with Crippen LogP contribution in [0.1, 0.15) is 6.23 Å². The van der Waals surface area contributed by atoms with Gasteiger partial charge in [-0.15, -0.1) is 0 Å². The Hall–Kier alpha value is -1.41. The third-order valence-electron chi connectivity index (χ3n) is 4.11. The van der Waals surface area contributed by atoms with Crippen LogP contribution >= 0.6 is 31.3 Å². The van der Waals surface area contributed by atoms with Gasteiger partial charge >= 0.3 is 31.3 Å². The predicted molar refractivity (Wildman–Crippen MR) is 109 cm³/mol. The van der Waals surface area contributed by atoms with Crippen LogP contribution in [0, 0.1) is 0 Å². The molecule has 1 saturated heterocycles. The second kappa shape index (κ2) is 10.0. The van der Waals surface area contributed by atoms with Gasteiger partial charge in [-0.1, -0.05) is 0 Å². The molecule has 0 bridgehead atoms. The highest BCUT2D eigenvalue weighted by Gasteiger charge is 2.51. The van der Waals surface area contributed by atoms with Crippen molar-refractivity contribution in [1.82, 2.24) is 19.5 Å². The normalized spacial score (nSPS) is 26.6. The van der Waals surface area contributed by atoms with Gasteiger partial charge in [0.15, 0.2) is 17.4 Å². The lowest BCUT2D eigenvalue weighted by atomic mass is 10.1. The van der Waals surface area contributed by atoms with Crippen molar-refractivity contribution >= 4 is 48.4 Å². The highest BCUT2D eigenvalue weighted by molar-refractivity contribution is 7.61. The Balaban J connectivity index is 1.95. The fraction of sp³-hybridized carbons (Fsp3) is 0.500. The lowest BCUT2D eigenvalue weighted by molar-refractivity contribution is -0.0501. The Kier molecular flexibility index (Phi) is 8.14. The summed E-state index contributed by atoms with van der Waals surface area (Å²) >= 11 is 0. The van der Waals surface area contributed by atoms with E-state index in [0.29, 0.717) is 0 Å². The first-order valence-corrected chi connectivity index (χ1v) is 14.9. The topological polar surface area (TPSA) is 346 Å². The number of anilines is 1. The van der Waals surface area contributed by atoms with Crippen LogP contribution < -0.4 is 11.3 Å². The smallest absolute Gasteiger partial charge is 0.386 e. The molecule has 0 aromatic carbocycles. The minimum atomic E-state index is -5.66. The molecule has 0 amide bonds. The highest BCUT2D eigenvalue weighted by Crippen LogP contribution is 2.60. The molecular formula is C10H17N5O17P4. The summed E-state index contributed by atoms with van der Waals surface area (Å²) in [6, 6.07) is 0. The summed E-state index contributed by atoms with van der Waals surface area (Å²) in [5, 5.41) is 10.7. The quantitative estimate of drug-likeness (QED) is 0.130. The van der Waals surface area contributed by atoms with E-state index < -0.39 is 68.0 Å². The van der Waals surface area contributed by atoms with E-state index in [2.05, 4.69) is 32.6 Å². The minimum Gasteiger partial charge on any atom is -0.386 e. The van der Waals surface area contributed by atoms with E-state index in [0.717, 1.165) is 10.9 Å². The van der Waals surface area contributed by atoms with Gasteiger partial charge in [0.05, 0.1) is 12.9 Å². The number of nitrogens with zero attached hydrogens (tertiary/aromatic N) is 3. The second-order valence-corrected chi connectivity index (χ2v) is 12.4. The zero-order valence-electron chi connectivity index (χ0n) is 17.0. The molecule has 2 aromatic heterocycles. The SMILES string of the molecule is Nc1nc2c(ncn2[C@H]2O[C@@H](COP(=O)(O)OP(=O)(O)O)[C@@H](OP(=O)(O)OP(=O)(O)O)[C@H]2O)c(=O)[nH]1. The third kappa shape index (κ3) is 7.33. The zero-order chi connectivity index (χ0) is 27.3. The Morgan fingerprint density at radius 3 is 2.22 bits per heavy atom. The largest absolute Gasteiger partial charge is 0.481 e. The van der Waals surface area contributed by atoms with Crippen molar-refractivity contribution in [2.75, 3.05) is 12.3 Å². The first-order chi connectivity index (χ1) is 16.3.